The molecule has 1 heterocycles. The van der Waals surface area contributed by atoms with Crippen LogP contribution in [0, 0.1) is 0 Å². The van der Waals surface area contributed by atoms with Gasteiger partial charge in [0.25, 0.3) is 5.92 Å². The molecular weight excluding hydrogens is 381 g/mol. The van der Waals surface area contributed by atoms with Crippen LogP contribution in [-0.2, 0) is 22.4 Å². The lowest BCUT2D eigenvalue weighted by Gasteiger charge is -2.29. The highest BCUT2D eigenvalue weighted by Gasteiger charge is 2.50. The SMILES string of the molecule is CS(=O)(=O)c1cccc(-n2cc(C(F)(F)F)c3c2CCC(F)(F)C3O)c1. The number of aliphatic hydroxyl groups is 1. The molecule has 0 saturated carbocycles. The van der Waals surface area contributed by atoms with Crippen molar-refractivity contribution in [3.8, 4) is 5.69 Å². The van der Waals surface area contributed by atoms with Crippen LogP contribution in [0.3, 0.4) is 0 Å². The van der Waals surface area contributed by atoms with Gasteiger partial charge in [-0.3, -0.25) is 0 Å². The Hall–Kier alpha value is -1.94. The van der Waals surface area contributed by atoms with Gasteiger partial charge in [-0.15, -0.1) is 0 Å². The number of nitrogens with zero attached hydrogens (tertiary/aromatic N) is 1. The third kappa shape index (κ3) is 3.11. The van der Waals surface area contributed by atoms with Crippen molar-refractivity contribution in [1.82, 2.24) is 4.57 Å². The highest BCUT2D eigenvalue weighted by Crippen LogP contribution is 2.48. The normalized spacial score (nSPS) is 20.0. The maximum absolute atomic E-state index is 13.8. The molecule has 26 heavy (non-hydrogen) atoms. The minimum atomic E-state index is -4.95. The number of aromatic nitrogens is 1. The van der Waals surface area contributed by atoms with Crippen LogP contribution in [0.4, 0.5) is 22.0 Å². The number of rotatable bonds is 2. The predicted molar refractivity (Wildman–Crippen MR) is 82.1 cm³/mol. The molecule has 1 atom stereocenters. The second-order valence-corrected chi connectivity index (χ2v) is 8.22. The van der Waals surface area contributed by atoms with Gasteiger partial charge >= 0.3 is 6.18 Å². The predicted octanol–water partition coefficient (Wildman–Crippen LogP) is 3.51. The molecule has 1 aliphatic rings. The molecule has 0 bridgehead atoms. The van der Waals surface area contributed by atoms with E-state index < -0.39 is 52.0 Å². The molecule has 10 heteroatoms. The maximum atomic E-state index is 13.8. The Morgan fingerprint density at radius 1 is 1.27 bits per heavy atom. The molecule has 0 spiro atoms. The zero-order chi connectivity index (χ0) is 19.5. The number of hydrogen-bond donors (Lipinski definition) is 1. The molecule has 2 aromatic rings. The summed E-state index contributed by atoms with van der Waals surface area (Å²) in [4.78, 5) is -0.118. The van der Waals surface area contributed by atoms with Gasteiger partial charge in [0.1, 0.15) is 6.10 Å². The van der Waals surface area contributed by atoms with E-state index >= 15 is 0 Å². The Kier molecular flexibility index (Phi) is 4.19. The summed E-state index contributed by atoms with van der Waals surface area (Å²) in [6.45, 7) is 0. The van der Waals surface area contributed by atoms with Crippen LogP contribution in [-0.4, -0.2) is 30.3 Å². The van der Waals surface area contributed by atoms with Gasteiger partial charge in [0.2, 0.25) is 0 Å². The summed E-state index contributed by atoms with van der Waals surface area (Å²) in [5, 5.41) is 9.82. The summed E-state index contributed by atoms with van der Waals surface area (Å²) >= 11 is 0. The first kappa shape index (κ1) is 18.8. The van der Waals surface area contributed by atoms with Crippen LogP contribution >= 0.6 is 0 Å². The topological polar surface area (TPSA) is 59.3 Å². The van der Waals surface area contributed by atoms with Crippen molar-refractivity contribution in [2.45, 2.75) is 35.9 Å². The summed E-state index contributed by atoms with van der Waals surface area (Å²) in [6.07, 6.45) is -7.16. The standard InChI is InChI=1S/C16H14F5NO3S/c1-26(24,25)10-4-2-3-9(7-10)22-8-11(16(19,20)21)13-12(22)5-6-15(17,18)14(13)23/h2-4,7-8,14,23H,5-6H2,1H3. The van der Waals surface area contributed by atoms with Crippen molar-refractivity contribution in [2.24, 2.45) is 0 Å². The van der Waals surface area contributed by atoms with Crippen LogP contribution in [0.1, 0.15) is 29.3 Å². The van der Waals surface area contributed by atoms with Crippen LogP contribution in [0.2, 0.25) is 0 Å². The molecule has 1 N–H and O–H groups in total. The van der Waals surface area contributed by atoms with Gasteiger partial charge in [-0.1, -0.05) is 6.07 Å². The molecular formula is C16H14F5NO3S. The van der Waals surface area contributed by atoms with Crippen molar-refractivity contribution >= 4 is 9.84 Å². The third-order valence-corrected chi connectivity index (χ3v) is 5.46. The first-order valence-electron chi connectivity index (χ1n) is 7.50. The van der Waals surface area contributed by atoms with Gasteiger partial charge in [-0.05, 0) is 24.6 Å². The van der Waals surface area contributed by atoms with E-state index in [4.69, 9.17) is 0 Å². The molecule has 1 aromatic heterocycles. The molecule has 142 valence electrons. The Balaban J connectivity index is 2.26. The average molecular weight is 395 g/mol. The average Bonchev–Trinajstić information content (AvgIpc) is 2.91. The second-order valence-electron chi connectivity index (χ2n) is 6.20. The lowest BCUT2D eigenvalue weighted by molar-refractivity contribution is -0.147. The fourth-order valence-electron chi connectivity index (χ4n) is 3.08. The second kappa shape index (κ2) is 5.78. The Labute approximate surface area is 145 Å². The largest absolute Gasteiger partial charge is 0.418 e. The quantitative estimate of drug-likeness (QED) is 0.792. The van der Waals surface area contributed by atoms with Gasteiger partial charge in [-0.2, -0.15) is 13.2 Å². The molecule has 4 nitrogen and oxygen atoms in total. The smallest absolute Gasteiger partial charge is 0.382 e. The van der Waals surface area contributed by atoms with Crippen molar-refractivity contribution in [3.05, 3.63) is 47.3 Å². The summed E-state index contributed by atoms with van der Waals surface area (Å²) in [6, 6.07) is 5.16. The number of alkyl halides is 5. The summed E-state index contributed by atoms with van der Waals surface area (Å²) < 4.78 is 91.9. The number of aliphatic hydroxyl groups excluding tert-OH is 1. The van der Waals surface area contributed by atoms with Gasteiger partial charge in [-0.25, -0.2) is 17.2 Å². The highest BCUT2D eigenvalue weighted by molar-refractivity contribution is 7.90. The van der Waals surface area contributed by atoms with Crippen molar-refractivity contribution < 1.29 is 35.5 Å². The van der Waals surface area contributed by atoms with Crippen LogP contribution in [0.5, 0.6) is 0 Å². The van der Waals surface area contributed by atoms with E-state index in [1.165, 1.54) is 18.2 Å². The van der Waals surface area contributed by atoms with Gasteiger partial charge in [0.15, 0.2) is 9.84 Å². The van der Waals surface area contributed by atoms with Crippen molar-refractivity contribution in [1.29, 1.82) is 0 Å². The Bertz CT molecular complexity index is 963. The fraction of sp³-hybridized carbons (Fsp3) is 0.375. The lowest BCUT2D eigenvalue weighted by atomic mass is 9.89. The Morgan fingerprint density at radius 3 is 2.50 bits per heavy atom. The molecule has 1 aromatic carbocycles. The van der Waals surface area contributed by atoms with E-state index in [1.54, 1.807) is 0 Å². The zero-order valence-corrected chi connectivity index (χ0v) is 14.2. The fourth-order valence-corrected chi connectivity index (χ4v) is 3.74. The molecule has 0 amide bonds. The van der Waals surface area contributed by atoms with Crippen LogP contribution < -0.4 is 0 Å². The maximum Gasteiger partial charge on any atom is 0.418 e. The summed E-state index contributed by atoms with van der Waals surface area (Å²) in [5.74, 6) is -3.67. The van der Waals surface area contributed by atoms with Crippen molar-refractivity contribution in [3.63, 3.8) is 0 Å². The van der Waals surface area contributed by atoms with E-state index in [1.807, 2.05) is 0 Å². The summed E-state index contributed by atoms with van der Waals surface area (Å²) in [7, 11) is -3.61. The molecule has 0 saturated heterocycles. The lowest BCUT2D eigenvalue weighted by Crippen LogP contribution is -2.33. The molecule has 3 rings (SSSR count). The van der Waals surface area contributed by atoms with E-state index in [9.17, 15) is 35.5 Å². The Morgan fingerprint density at radius 2 is 1.92 bits per heavy atom. The number of fused-ring (bicyclic) bond motifs is 1. The van der Waals surface area contributed by atoms with E-state index in [2.05, 4.69) is 0 Å². The minimum Gasteiger partial charge on any atom is -0.382 e. The van der Waals surface area contributed by atoms with Gasteiger partial charge < -0.3 is 9.67 Å². The molecule has 1 unspecified atom stereocenters. The van der Waals surface area contributed by atoms with Crippen molar-refractivity contribution in [2.75, 3.05) is 6.26 Å². The number of halogens is 5. The number of benzene rings is 1. The van der Waals surface area contributed by atoms with Gasteiger partial charge in [0.05, 0.1) is 10.5 Å². The third-order valence-electron chi connectivity index (χ3n) is 4.35. The first-order valence-corrected chi connectivity index (χ1v) is 9.39. The van der Waals surface area contributed by atoms with Crippen LogP contribution in [0.15, 0.2) is 35.4 Å². The van der Waals surface area contributed by atoms with Crippen LogP contribution in [0.25, 0.3) is 5.69 Å². The minimum absolute atomic E-state index is 0.0806. The monoisotopic (exact) mass is 395 g/mol. The highest BCUT2D eigenvalue weighted by atomic mass is 32.2. The first-order chi connectivity index (χ1) is 11.8. The summed E-state index contributed by atoms with van der Waals surface area (Å²) in [5.41, 5.74) is -2.25. The molecule has 0 fully saturated rings. The zero-order valence-electron chi connectivity index (χ0n) is 13.4. The van der Waals surface area contributed by atoms with E-state index in [0.717, 1.165) is 16.9 Å². The molecule has 1 aliphatic carbocycles. The number of sulfone groups is 1. The molecule has 0 aliphatic heterocycles. The van der Waals surface area contributed by atoms with Gasteiger partial charge in [0, 0.05) is 35.8 Å². The van der Waals surface area contributed by atoms with E-state index in [-0.39, 0.29) is 16.3 Å². The molecule has 0 radical (unpaired) electrons. The number of hydrogen-bond acceptors (Lipinski definition) is 3. The van der Waals surface area contributed by atoms with E-state index in [0.29, 0.717) is 6.20 Å².